The topological polar surface area (TPSA) is 83.4 Å². The summed E-state index contributed by atoms with van der Waals surface area (Å²) in [7, 11) is 2.69. The van der Waals surface area contributed by atoms with E-state index in [0.29, 0.717) is 27.6 Å². The second kappa shape index (κ2) is 11.0. The molecule has 0 saturated carbocycles. The smallest absolute Gasteiger partial charge is 0.343 e. The van der Waals surface area contributed by atoms with Crippen LogP contribution in [0.4, 0.5) is 0 Å². The summed E-state index contributed by atoms with van der Waals surface area (Å²) in [5, 5.41) is 4.52. The van der Waals surface area contributed by atoms with Crippen molar-refractivity contribution < 1.29 is 28.6 Å². The van der Waals surface area contributed by atoms with Crippen molar-refractivity contribution >= 4 is 29.3 Å². The van der Waals surface area contributed by atoms with Crippen LogP contribution in [0, 0.1) is 0 Å². The first-order valence-corrected chi connectivity index (χ1v) is 9.34. The molecule has 7 nitrogen and oxygen atoms in total. The van der Waals surface area contributed by atoms with Gasteiger partial charge >= 0.3 is 11.9 Å². The van der Waals surface area contributed by atoms with Crippen molar-refractivity contribution in [1.82, 2.24) is 0 Å². The summed E-state index contributed by atoms with van der Waals surface area (Å²) >= 11 is 5.91. The highest BCUT2D eigenvalue weighted by Crippen LogP contribution is 2.18. The van der Waals surface area contributed by atoms with Gasteiger partial charge in [-0.15, -0.1) is 0 Å². The highest BCUT2D eigenvalue weighted by atomic mass is 35.5. The van der Waals surface area contributed by atoms with Crippen molar-refractivity contribution in [2.45, 2.75) is 20.0 Å². The molecule has 30 heavy (non-hydrogen) atoms. The summed E-state index contributed by atoms with van der Waals surface area (Å²) in [4.78, 5) is 29.1. The molecular formula is C22H22ClNO6. The van der Waals surface area contributed by atoms with Gasteiger partial charge < -0.3 is 19.0 Å². The molecule has 0 fully saturated rings. The summed E-state index contributed by atoms with van der Waals surface area (Å²) in [5.74, 6) is -0.463. The van der Waals surface area contributed by atoms with E-state index in [1.807, 2.05) is 0 Å². The monoisotopic (exact) mass is 431 g/mol. The van der Waals surface area contributed by atoms with Gasteiger partial charge in [0.1, 0.15) is 11.5 Å². The van der Waals surface area contributed by atoms with Crippen LogP contribution in [0.2, 0.25) is 5.02 Å². The third-order valence-corrected chi connectivity index (χ3v) is 4.20. The third-order valence-electron chi connectivity index (χ3n) is 3.97. The molecule has 0 amide bonds. The Morgan fingerprint density at radius 3 is 2.40 bits per heavy atom. The van der Waals surface area contributed by atoms with E-state index in [0.717, 1.165) is 0 Å². The van der Waals surface area contributed by atoms with Crippen molar-refractivity contribution in [3.8, 4) is 5.75 Å². The van der Waals surface area contributed by atoms with Gasteiger partial charge in [0.15, 0.2) is 6.10 Å². The molecule has 2 rings (SSSR count). The molecule has 1 unspecified atom stereocenters. The summed E-state index contributed by atoms with van der Waals surface area (Å²) in [6.45, 7) is 3.42. The third kappa shape index (κ3) is 6.63. The van der Waals surface area contributed by atoms with Crippen LogP contribution in [0.1, 0.15) is 29.8 Å². The minimum Gasteiger partial charge on any atom is -0.497 e. The number of methoxy groups -OCH3 is 2. The lowest BCUT2D eigenvalue weighted by atomic mass is 10.1. The molecule has 0 bridgehead atoms. The molecule has 0 heterocycles. The number of carbonyl (C=O) groups is 2. The first-order chi connectivity index (χ1) is 14.3. The van der Waals surface area contributed by atoms with Gasteiger partial charge in [0.05, 0.1) is 31.6 Å². The summed E-state index contributed by atoms with van der Waals surface area (Å²) in [6.07, 6.45) is 0.568. The Morgan fingerprint density at radius 2 is 1.73 bits per heavy atom. The minimum absolute atomic E-state index is 0.266. The van der Waals surface area contributed by atoms with Gasteiger partial charge in [-0.2, -0.15) is 0 Å². The average molecular weight is 432 g/mol. The number of hydrogen-bond acceptors (Lipinski definition) is 7. The SMILES string of the molecule is COC(=O)/C=C(/OC)C(C)O/N=C(\C)c1cccc(OC(=O)c2cccc(Cl)c2)c1. The lowest BCUT2D eigenvalue weighted by molar-refractivity contribution is -0.135. The molecular weight excluding hydrogens is 410 g/mol. The van der Waals surface area contributed by atoms with Crippen molar-refractivity contribution in [3.63, 3.8) is 0 Å². The van der Waals surface area contributed by atoms with Crippen molar-refractivity contribution in [2.24, 2.45) is 5.16 Å². The Morgan fingerprint density at radius 1 is 1.03 bits per heavy atom. The van der Waals surface area contributed by atoms with E-state index in [1.165, 1.54) is 26.4 Å². The van der Waals surface area contributed by atoms with Crippen LogP contribution >= 0.6 is 11.6 Å². The van der Waals surface area contributed by atoms with E-state index in [1.54, 1.807) is 56.3 Å². The second-order valence-electron chi connectivity index (χ2n) is 6.13. The molecule has 158 valence electrons. The molecule has 1 atom stereocenters. The van der Waals surface area contributed by atoms with E-state index in [4.69, 9.17) is 25.9 Å². The largest absolute Gasteiger partial charge is 0.497 e. The van der Waals surface area contributed by atoms with Crippen LogP contribution < -0.4 is 4.74 Å². The standard InChI is InChI=1S/C22H22ClNO6/c1-14(24-30-15(2)20(27-3)13-21(25)28-4)16-7-6-10-19(12-16)29-22(26)17-8-5-9-18(23)11-17/h5-13,15H,1-4H3/b20-13+,24-14+. The Bertz CT molecular complexity index is 970. The molecule has 0 spiro atoms. The molecule has 8 heteroatoms. The zero-order valence-corrected chi connectivity index (χ0v) is 17.8. The fraction of sp³-hybridized carbons (Fsp3) is 0.227. The minimum atomic E-state index is -0.618. The fourth-order valence-electron chi connectivity index (χ4n) is 2.35. The molecule has 0 aliphatic rings. The van der Waals surface area contributed by atoms with Gasteiger partial charge in [0, 0.05) is 10.6 Å². The van der Waals surface area contributed by atoms with Crippen molar-refractivity contribution in [2.75, 3.05) is 14.2 Å². The Hall–Kier alpha value is -3.32. The number of halogens is 1. The van der Waals surface area contributed by atoms with Crippen molar-refractivity contribution in [1.29, 1.82) is 0 Å². The molecule has 0 aliphatic carbocycles. The molecule has 0 saturated heterocycles. The number of esters is 2. The Kier molecular flexibility index (Phi) is 8.43. The number of hydrogen-bond donors (Lipinski definition) is 0. The van der Waals surface area contributed by atoms with Gasteiger partial charge in [0.25, 0.3) is 0 Å². The quantitative estimate of drug-likeness (QED) is 0.154. The highest BCUT2D eigenvalue weighted by Gasteiger charge is 2.14. The highest BCUT2D eigenvalue weighted by molar-refractivity contribution is 6.30. The van der Waals surface area contributed by atoms with Crippen LogP contribution in [0.25, 0.3) is 0 Å². The maximum Gasteiger partial charge on any atom is 0.343 e. The first-order valence-electron chi connectivity index (χ1n) is 8.96. The number of benzene rings is 2. The normalized spacial score (nSPS) is 12.7. The van der Waals surface area contributed by atoms with Crippen LogP contribution in [0.15, 0.2) is 65.5 Å². The van der Waals surface area contributed by atoms with E-state index in [-0.39, 0.29) is 5.76 Å². The number of carbonyl (C=O) groups excluding carboxylic acids is 2. The first kappa shape index (κ1) is 23.0. The lowest BCUT2D eigenvalue weighted by Gasteiger charge is -2.13. The van der Waals surface area contributed by atoms with Gasteiger partial charge in [0.2, 0.25) is 0 Å². The average Bonchev–Trinajstić information content (AvgIpc) is 2.75. The van der Waals surface area contributed by atoms with E-state index in [2.05, 4.69) is 9.89 Å². The summed E-state index contributed by atoms with van der Waals surface area (Å²) in [6, 6.07) is 13.4. The number of oxime groups is 1. The Labute approximate surface area is 179 Å². The maximum absolute atomic E-state index is 12.3. The molecule has 2 aromatic rings. The zero-order chi connectivity index (χ0) is 22.1. The number of ether oxygens (including phenoxy) is 3. The van der Waals surface area contributed by atoms with Gasteiger partial charge in [-0.05, 0) is 44.2 Å². The number of rotatable bonds is 8. The predicted octanol–water partition coefficient (Wildman–Crippen LogP) is 4.39. The second-order valence-corrected chi connectivity index (χ2v) is 6.56. The van der Waals surface area contributed by atoms with E-state index >= 15 is 0 Å². The van der Waals surface area contributed by atoms with Crippen LogP contribution in [-0.4, -0.2) is 38.0 Å². The maximum atomic E-state index is 12.3. The van der Waals surface area contributed by atoms with Crippen molar-refractivity contribution in [3.05, 3.63) is 76.5 Å². The predicted molar refractivity (Wildman–Crippen MR) is 113 cm³/mol. The zero-order valence-electron chi connectivity index (χ0n) is 17.0. The van der Waals surface area contributed by atoms with Gasteiger partial charge in [-0.25, -0.2) is 9.59 Å². The Balaban J connectivity index is 2.09. The van der Waals surface area contributed by atoms with Crippen LogP contribution in [-0.2, 0) is 19.1 Å². The summed E-state index contributed by atoms with van der Waals surface area (Å²) < 4.78 is 15.1. The van der Waals surface area contributed by atoms with Crippen LogP contribution in [0.3, 0.4) is 0 Å². The number of nitrogens with zero attached hydrogens (tertiary/aromatic N) is 1. The molecule has 2 aromatic carbocycles. The van der Waals surface area contributed by atoms with Gasteiger partial charge in [-0.3, -0.25) is 0 Å². The van der Waals surface area contributed by atoms with Crippen LogP contribution in [0.5, 0.6) is 5.75 Å². The fourth-order valence-corrected chi connectivity index (χ4v) is 2.54. The molecule has 0 radical (unpaired) electrons. The molecule has 0 N–H and O–H groups in total. The van der Waals surface area contributed by atoms with Gasteiger partial charge in [-0.1, -0.05) is 35.0 Å². The van der Waals surface area contributed by atoms with E-state index < -0.39 is 18.0 Å². The lowest BCUT2D eigenvalue weighted by Crippen LogP contribution is -2.13. The molecule has 0 aliphatic heterocycles. The summed E-state index contributed by atoms with van der Waals surface area (Å²) in [5.41, 5.74) is 1.57. The van der Waals surface area contributed by atoms with E-state index in [9.17, 15) is 9.59 Å². The molecule has 0 aromatic heterocycles.